The fraction of sp³-hybridized carbons (Fsp3) is 0.346. The first-order valence-corrected chi connectivity index (χ1v) is 12.6. The van der Waals surface area contributed by atoms with Gasteiger partial charge < -0.3 is 10.1 Å². The first-order valence-electron chi connectivity index (χ1n) is 11.8. The van der Waals surface area contributed by atoms with Crippen molar-refractivity contribution in [2.75, 3.05) is 11.4 Å². The molecule has 2 aromatic carbocycles. The number of urea groups is 1. The number of halogens is 4. The molecule has 1 heterocycles. The third-order valence-corrected chi connectivity index (χ3v) is 6.95. The number of rotatable bonds is 10. The van der Waals surface area contributed by atoms with Crippen molar-refractivity contribution in [2.45, 2.75) is 56.1 Å². The minimum absolute atomic E-state index is 0.0276. The van der Waals surface area contributed by atoms with Crippen molar-refractivity contribution in [1.29, 1.82) is 5.26 Å². The van der Waals surface area contributed by atoms with E-state index in [1.165, 1.54) is 38.1 Å². The van der Waals surface area contributed by atoms with Gasteiger partial charge in [-0.1, -0.05) is 6.42 Å². The SMILES string of the molecule is CC1(C)C(=O)N(Sc2ccc(C#N)c(C(F)(F)F)c2)C(=O)N1c1ccc(C(=O)NCCCCCC=O)c(F)c1. The van der Waals surface area contributed by atoms with E-state index in [1.54, 1.807) is 0 Å². The van der Waals surface area contributed by atoms with Crippen molar-refractivity contribution in [1.82, 2.24) is 9.62 Å². The number of unbranched alkanes of at least 4 members (excludes halogenated alkanes) is 3. The number of alkyl halides is 3. The lowest BCUT2D eigenvalue weighted by Crippen LogP contribution is -2.44. The number of aldehydes is 1. The van der Waals surface area contributed by atoms with Gasteiger partial charge in [0.05, 0.1) is 22.8 Å². The van der Waals surface area contributed by atoms with E-state index in [9.17, 15) is 36.7 Å². The lowest BCUT2D eigenvalue weighted by molar-refractivity contribution is -0.138. The van der Waals surface area contributed by atoms with E-state index < -0.39 is 46.5 Å². The zero-order valence-corrected chi connectivity index (χ0v) is 21.8. The molecule has 0 unspecified atom stereocenters. The second-order valence-electron chi connectivity index (χ2n) is 9.12. The third-order valence-electron chi connectivity index (χ3n) is 5.99. The van der Waals surface area contributed by atoms with Gasteiger partial charge >= 0.3 is 12.2 Å². The van der Waals surface area contributed by atoms with Crippen LogP contribution in [-0.4, -0.2) is 40.5 Å². The third kappa shape index (κ3) is 6.39. The number of carbonyl (C=O) groups excluding carboxylic acids is 4. The Balaban J connectivity index is 1.79. The summed E-state index contributed by atoms with van der Waals surface area (Å²) in [6.45, 7) is 3.08. The van der Waals surface area contributed by atoms with E-state index in [4.69, 9.17) is 5.26 Å². The Kier molecular flexibility index (Phi) is 9.01. The Hall–Kier alpha value is -3.92. The second kappa shape index (κ2) is 11.9. The molecule has 4 amide bonds. The summed E-state index contributed by atoms with van der Waals surface area (Å²) in [6, 6.07) is 6.76. The molecule has 0 saturated carbocycles. The molecular weight excluding hydrogens is 540 g/mol. The van der Waals surface area contributed by atoms with Crippen LogP contribution in [0.2, 0.25) is 0 Å². The summed E-state index contributed by atoms with van der Waals surface area (Å²) in [7, 11) is 0. The summed E-state index contributed by atoms with van der Waals surface area (Å²) in [4.78, 5) is 49.9. The van der Waals surface area contributed by atoms with Crippen molar-refractivity contribution in [3.8, 4) is 6.07 Å². The van der Waals surface area contributed by atoms with Gasteiger partial charge in [0.25, 0.3) is 11.8 Å². The number of nitriles is 1. The summed E-state index contributed by atoms with van der Waals surface area (Å²) >= 11 is 0.452. The highest BCUT2D eigenvalue weighted by atomic mass is 32.2. The minimum atomic E-state index is -4.83. The first kappa shape index (κ1) is 29.6. The van der Waals surface area contributed by atoms with Crippen LogP contribution in [0, 0.1) is 17.1 Å². The Morgan fingerprint density at radius 2 is 1.85 bits per heavy atom. The molecule has 206 valence electrons. The van der Waals surface area contributed by atoms with E-state index in [1.807, 2.05) is 0 Å². The van der Waals surface area contributed by atoms with E-state index in [2.05, 4.69) is 5.32 Å². The first-order chi connectivity index (χ1) is 18.3. The van der Waals surface area contributed by atoms with Crippen LogP contribution in [0.4, 0.5) is 28.0 Å². The largest absolute Gasteiger partial charge is 0.417 e. The predicted molar refractivity (Wildman–Crippen MR) is 134 cm³/mol. The van der Waals surface area contributed by atoms with Gasteiger partial charge in [0.1, 0.15) is 17.6 Å². The smallest absolute Gasteiger partial charge is 0.352 e. The Morgan fingerprint density at radius 1 is 1.13 bits per heavy atom. The number of hydrogen-bond acceptors (Lipinski definition) is 6. The van der Waals surface area contributed by atoms with Crippen LogP contribution in [0.1, 0.15) is 61.0 Å². The minimum Gasteiger partial charge on any atom is -0.352 e. The lowest BCUT2D eigenvalue weighted by Gasteiger charge is -2.27. The van der Waals surface area contributed by atoms with Crippen LogP contribution in [-0.2, 0) is 15.8 Å². The fourth-order valence-electron chi connectivity index (χ4n) is 3.95. The van der Waals surface area contributed by atoms with Gasteiger partial charge in [-0.05, 0) is 75.0 Å². The van der Waals surface area contributed by atoms with Gasteiger partial charge in [-0.25, -0.2) is 9.18 Å². The molecule has 8 nitrogen and oxygen atoms in total. The van der Waals surface area contributed by atoms with Crippen molar-refractivity contribution >= 4 is 41.8 Å². The molecular formula is C26H24F4N4O4S. The molecule has 0 aliphatic carbocycles. The number of carbonyl (C=O) groups is 4. The van der Waals surface area contributed by atoms with E-state index in [-0.39, 0.29) is 22.7 Å². The molecule has 1 aliphatic heterocycles. The summed E-state index contributed by atoms with van der Waals surface area (Å²) in [6.07, 6.45) is -1.58. The van der Waals surface area contributed by atoms with Gasteiger partial charge in [0, 0.05) is 23.5 Å². The molecule has 13 heteroatoms. The molecule has 0 radical (unpaired) electrons. The highest BCUT2D eigenvalue weighted by Crippen LogP contribution is 2.41. The number of nitrogens with zero attached hydrogens (tertiary/aromatic N) is 3. The highest BCUT2D eigenvalue weighted by molar-refractivity contribution is 7.98. The zero-order chi connectivity index (χ0) is 29.0. The van der Waals surface area contributed by atoms with E-state index in [0.717, 1.165) is 29.7 Å². The Bertz CT molecular complexity index is 1340. The van der Waals surface area contributed by atoms with Gasteiger partial charge in [-0.2, -0.15) is 22.7 Å². The van der Waals surface area contributed by atoms with Crippen LogP contribution in [0.25, 0.3) is 0 Å². The summed E-state index contributed by atoms with van der Waals surface area (Å²) in [5.74, 6) is -2.36. The van der Waals surface area contributed by atoms with Crippen LogP contribution in [0.3, 0.4) is 0 Å². The highest BCUT2D eigenvalue weighted by Gasteiger charge is 2.53. The molecule has 1 fully saturated rings. The van der Waals surface area contributed by atoms with Crippen molar-refractivity contribution in [3.63, 3.8) is 0 Å². The van der Waals surface area contributed by atoms with Crippen LogP contribution in [0.15, 0.2) is 41.3 Å². The zero-order valence-electron chi connectivity index (χ0n) is 21.0. The topological polar surface area (TPSA) is 111 Å². The molecule has 0 spiro atoms. The van der Waals surface area contributed by atoms with Crippen molar-refractivity contribution in [3.05, 3.63) is 58.9 Å². The lowest BCUT2D eigenvalue weighted by atomic mass is 10.0. The van der Waals surface area contributed by atoms with Gasteiger partial charge in [0.2, 0.25) is 0 Å². The number of amides is 4. The van der Waals surface area contributed by atoms with Gasteiger partial charge in [0.15, 0.2) is 0 Å². The molecule has 1 saturated heterocycles. The summed E-state index contributed by atoms with van der Waals surface area (Å²) in [5.41, 5.74) is -3.64. The molecule has 1 N–H and O–H groups in total. The molecule has 3 rings (SSSR count). The van der Waals surface area contributed by atoms with E-state index >= 15 is 0 Å². The molecule has 0 bridgehead atoms. The standard InChI is InChI=1S/C26H24F4N4O4S/c1-25(2)23(37)34(39-18-9-7-16(15-31)20(14-18)26(28,29)30)24(38)33(25)17-8-10-19(21(27)13-17)22(36)32-11-5-3-4-6-12-35/h7-10,12-14H,3-6,11H2,1-2H3,(H,32,36). The Morgan fingerprint density at radius 3 is 2.46 bits per heavy atom. The average molecular weight is 565 g/mol. The number of hydrogen-bond donors (Lipinski definition) is 1. The van der Waals surface area contributed by atoms with Crippen molar-refractivity contribution in [2.24, 2.45) is 0 Å². The van der Waals surface area contributed by atoms with E-state index in [0.29, 0.717) is 41.6 Å². The van der Waals surface area contributed by atoms with Crippen LogP contribution >= 0.6 is 11.9 Å². The number of benzene rings is 2. The summed E-state index contributed by atoms with van der Waals surface area (Å²) < 4.78 is 55.6. The molecule has 1 aliphatic rings. The predicted octanol–water partition coefficient (Wildman–Crippen LogP) is 5.46. The quantitative estimate of drug-likeness (QED) is 0.135. The molecule has 0 aromatic heterocycles. The molecule has 2 aromatic rings. The van der Waals surface area contributed by atoms with Crippen LogP contribution < -0.4 is 10.2 Å². The monoisotopic (exact) mass is 564 g/mol. The fourth-order valence-corrected chi connectivity index (χ4v) is 4.92. The molecule has 0 atom stereocenters. The number of imide groups is 1. The maximum Gasteiger partial charge on any atom is 0.417 e. The maximum atomic E-state index is 14.9. The van der Waals surface area contributed by atoms with Gasteiger partial charge in [-0.3, -0.25) is 14.5 Å². The maximum absolute atomic E-state index is 14.9. The second-order valence-corrected chi connectivity index (χ2v) is 10.1. The van der Waals surface area contributed by atoms with Gasteiger partial charge in [-0.15, -0.1) is 0 Å². The van der Waals surface area contributed by atoms with Crippen LogP contribution in [0.5, 0.6) is 0 Å². The summed E-state index contributed by atoms with van der Waals surface area (Å²) in [5, 5.41) is 11.6. The normalized spacial score (nSPS) is 14.9. The average Bonchev–Trinajstić information content (AvgIpc) is 3.04. The van der Waals surface area contributed by atoms with Crippen molar-refractivity contribution < 1.29 is 36.7 Å². The number of nitrogens with one attached hydrogen (secondary N) is 1. The molecule has 39 heavy (non-hydrogen) atoms. The number of anilines is 1. The Labute approximate surface area is 226 Å².